The van der Waals surface area contributed by atoms with Crippen molar-refractivity contribution >= 4 is 11.6 Å². The van der Waals surface area contributed by atoms with Gasteiger partial charge in [0.1, 0.15) is 5.82 Å². The third kappa shape index (κ3) is 3.00. The van der Waals surface area contributed by atoms with Gasteiger partial charge in [-0.1, -0.05) is 17.7 Å². The summed E-state index contributed by atoms with van der Waals surface area (Å²) < 4.78 is 13.1. The molecule has 0 saturated carbocycles. The zero-order valence-electron chi connectivity index (χ0n) is 11.9. The third-order valence-electron chi connectivity index (χ3n) is 4.94. The van der Waals surface area contributed by atoms with Crippen LogP contribution in [0.1, 0.15) is 31.2 Å². The number of hydrogen-bond donors (Lipinski definition) is 1. The van der Waals surface area contributed by atoms with Crippen molar-refractivity contribution in [2.24, 2.45) is 5.92 Å². The summed E-state index contributed by atoms with van der Waals surface area (Å²) in [7, 11) is 2.27. The van der Waals surface area contributed by atoms with Crippen LogP contribution in [0.3, 0.4) is 0 Å². The highest BCUT2D eigenvalue weighted by atomic mass is 35.5. The number of benzene rings is 1. The first-order valence-corrected chi connectivity index (χ1v) is 7.88. The lowest BCUT2D eigenvalue weighted by atomic mass is 9.91. The van der Waals surface area contributed by atoms with Gasteiger partial charge in [0.2, 0.25) is 0 Å². The van der Waals surface area contributed by atoms with E-state index in [0.717, 1.165) is 36.7 Å². The molecule has 0 aliphatic carbocycles. The molecule has 2 saturated heterocycles. The Morgan fingerprint density at radius 3 is 2.65 bits per heavy atom. The summed E-state index contributed by atoms with van der Waals surface area (Å²) in [5, 5.41) is 3.71. The van der Waals surface area contributed by atoms with E-state index in [4.69, 9.17) is 11.6 Å². The molecule has 0 spiro atoms. The Bertz CT molecular complexity index is 466. The first-order valence-electron chi connectivity index (χ1n) is 7.50. The van der Waals surface area contributed by atoms with Crippen LogP contribution in [0, 0.1) is 11.7 Å². The number of nitrogens with one attached hydrogen (secondary N) is 1. The topological polar surface area (TPSA) is 15.3 Å². The second-order valence-electron chi connectivity index (χ2n) is 6.27. The van der Waals surface area contributed by atoms with Gasteiger partial charge in [0, 0.05) is 18.6 Å². The molecule has 0 aromatic heterocycles. The first kappa shape index (κ1) is 14.3. The highest BCUT2D eigenvalue weighted by molar-refractivity contribution is 6.30. The van der Waals surface area contributed by atoms with Crippen LogP contribution in [0.2, 0.25) is 5.02 Å². The van der Waals surface area contributed by atoms with Crippen molar-refractivity contribution in [3.8, 4) is 0 Å². The van der Waals surface area contributed by atoms with Crippen LogP contribution in [0.25, 0.3) is 0 Å². The van der Waals surface area contributed by atoms with Gasteiger partial charge in [-0.05, 0) is 62.9 Å². The number of rotatable bonds is 4. The minimum atomic E-state index is -0.345. The maximum absolute atomic E-state index is 13.1. The fourth-order valence-electron chi connectivity index (χ4n) is 3.76. The molecule has 2 aliphatic rings. The highest BCUT2D eigenvalue weighted by Crippen LogP contribution is 2.37. The molecule has 4 heteroatoms. The number of hydrogen-bond acceptors (Lipinski definition) is 2. The first-order chi connectivity index (χ1) is 9.63. The Morgan fingerprint density at radius 1 is 1.30 bits per heavy atom. The van der Waals surface area contributed by atoms with Crippen LogP contribution < -0.4 is 5.32 Å². The van der Waals surface area contributed by atoms with Gasteiger partial charge in [-0.25, -0.2) is 4.39 Å². The molecule has 2 fully saturated rings. The largest absolute Gasteiger partial charge is 0.312 e. The zero-order valence-corrected chi connectivity index (χ0v) is 12.7. The highest BCUT2D eigenvalue weighted by Gasteiger charge is 2.37. The van der Waals surface area contributed by atoms with Crippen molar-refractivity contribution in [3.05, 3.63) is 34.6 Å². The normalized spacial score (nSPS) is 29.9. The van der Waals surface area contributed by atoms with E-state index in [9.17, 15) is 4.39 Å². The molecule has 2 nitrogen and oxygen atoms in total. The average Bonchev–Trinajstić information content (AvgIpc) is 2.65. The third-order valence-corrected chi connectivity index (χ3v) is 5.23. The molecular weight excluding hydrogens is 275 g/mol. The maximum Gasteiger partial charge on any atom is 0.141 e. The van der Waals surface area contributed by atoms with E-state index in [1.54, 1.807) is 12.1 Å². The van der Waals surface area contributed by atoms with E-state index in [-0.39, 0.29) is 10.8 Å². The summed E-state index contributed by atoms with van der Waals surface area (Å²) >= 11 is 5.80. The van der Waals surface area contributed by atoms with Crippen molar-refractivity contribution < 1.29 is 4.39 Å². The van der Waals surface area contributed by atoms with Gasteiger partial charge in [-0.2, -0.15) is 0 Å². The lowest BCUT2D eigenvalue weighted by Gasteiger charge is -2.36. The minimum Gasteiger partial charge on any atom is -0.312 e. The van der Waals surface area contributed by atoms with Gasteiger partial charge in [0.15, 0.2) is 0 Å². The van der Waals surface area contributed by atoms with Crippen molar-refractivity contribution in [1.29, 1.82) is 0 Å². The smallest absolute Gasteiger partial charge is 0.141 e. The van der Waals surface area contributed by atoms with Crippen molar-refractivity contribution in [3.63, 3.8) is 0 Å². The van der Waals surface area contributed by atoms with Gasteiger partial charge in [-0.3, -0.25) is 0 Å². The molecule has 0 amide bonds. The number of halogens is 2. The van der Waals surface area contributed by atoms with E-state index in [2.05, 4.69) is 17.3 Å². The molecule has 110 valence electrons. The molecule has 2 heterocycles. The molecule has 20 heavy (non-hydrogen) atoms. The minimum absolute atomic E-state index is 0.210. The molecule has 0 radical (unpaired) electrons. The Kier molecular flexibility index (Phi) is 4.29. The summed E-state index contributed by atoms with van der Waals surface area (Å²) in [5.41, 5.74) is 1.05. The molecule has 1 aromatic rings. The van der Waals surface area contributed by atoms with Gasteiger partial charge < -0.3 is 10.2 Å². The van der Waals surface area contributed by atoms with Crippen molar-refractivity contribution in [2.75, 3.05) is 13.6 Å². The standard InChI is InChI=1S/C16H22ClFN2/c1-20-13-3-4-14(20)7-12(6-13)10-19-9-11-2-5-16(18)15(17)8-11/h2,5,8,12-14,19H,3-4,6-7,9-10H2,1H3. The van der Waals surface area contributed by atoms with Crippen LogP contribution in [0.4, 0.5) is 4.39 Å². The van der Waals surface area contributed by atoms with Gasteiger partial charge in [0.25, 0.3) is 0 Å². The van der Waals surface area contributed by atoms with Crippen LogP contribution in [0.15, 0.2) is 18.2 Å². The van der Waals surface area contributed by atoms with Gasteiger partial charge in [-0.15, -0.1) is 0 Å². The fraction of sp³-hybridized carbons (Fsp3) is 0.625. The van der Waals surface area contributed by atoms with Gasteiger partial charge in [0.05, 0.1) is 5.02 Å². The molecule has 3 rings (SSSR count). The summed E-state index contributed by atoms with van der Waals surface area (Å²) in [6.07, 6.45) is 5.35. The number of fused-ring (bicyclic) bond motifs is 2. The molecular formula is C16H22ClFN2. The van der Waals surface area contributed by atoms with Crippen LogP contribution >= 0.6 is 11.6 Å². The SMILES string of the molecule is CN1C2CCC1CC(CNCc1ccc(F)c(Cl)c1)C2. The molecule has 1 N–H and O–H groups in total. The Hall–Kier alpha value is -0.640. The molecule has 2 bridgehead atoms. The molecule has 2 unspecified atom stereocenters. The van der Waals surface area contributed by atoms with E-state index < -0.39 is 0 Å². The second kappa shape index (κ2) is 6.00. The van der Waals surface area contributed by atoms with Crippen LogP contribution in [-0.2, 0) is 6.54 Å². The summed E-state index contributed by atoms with van der Waals surface area (Å²) in [4.78, 5) is 2.57. The summed E-state index contributed by atoms with van der Waals surface area (Å²) in [5.74, 6) is 0.432. The average molecular weight is 297 g/mol. The van der Waals surface area contributed by atoms with Crippen molar-refractivity contribution in [1.82, 2.24) is 10.2 Å². The lowest BCUT2D eigenvalue weighted by Crippen LogP contribution is -2.42. The predicted molar refractivity (Wildman–Crippen MR) is 80.4 cm³/mol. The molecule has 1 aromatic carbocycles. The number of piperidine rings is 1. The van der Waals surface area contributed by atoms with Crippen LogP contribution in [0.5, 0.6) is 0 Å². The Morgan fingerprint density at radius 2 is 2.00 bits per heavy atom. The van der Waals surface area contributed by atoms with Crippen molar-refractivity contribution in [2.45, 2.75) is 44.3 Å². The zero-order chi connectivity index (χ0) is 14.1. The van der Waals surface area contributed by atoms with E-state index in [1.807, 2.05) is 0 Å². The monoisotopic (exact) mass is 296 g/mol. The van der Waals surface area contributed by atoms with Crippen LogP contribution in [-0.4, -0.2) is 30.6 Å². The quantitative estimate of drug-likeness (QED) is 0.915. The lowest BCUT2D eigenvalue weighted by molar-refractivity contribution is 0.133. The van der Waals surface area contributed by atoms with E-state index in [0.29, 0.717) is 0 Å². The van der Waals surface area contributed by atoms with E-state index >= 15 is 0 Å². The Labute approximate surface area is 125 Å². The molecule has 2 aliphatic heterocycles. The molecule has 2 atom stereocenters. The van der Waals surface area contributed by atoms with E-state index in [1.165, 1.54) is 31.7 Å². The number of nitrogens with zero attached hydrogens (tertiary/aromatic N) is 1. The predicted octanol–water partition coefficient (Wildman–Crippen LogP) is 3.44. The van der Waals surface area contributed by atoms with Gasteiger partial charge >= 0.3 is 0 Å². The Balaban J connectivity index is 1.47. The summed E-state index contributed by atoms with van der Waals surface area (Å²) in [6, 6.07) is 6.53. The fourth-order valence-corrected chi connectivity index (χ4v) is 3.96. The second-order valence-corrected chi connectivity index (χ2v) is 6.67. The summed E-state index contributed by atoms with van der Waals surface area (Å²) in [6.45, 7) is 1.82. The maximum atomic E-state index is 13.1.